The molecule has 0 radical (unpaired) electrons. The molecule has 2 N–H and O–H groups in total. The van der Waals surface area contributed by atoms with Gasteiger partial charge >= 0.3 is 0 Å². The highest BCUT2D eigenvalue weighted by Crippen LogP contribution is 2.38. The Morgan fingerprint density at radius 3 is 2.67 bits per heavy atom. The maximum absolute atomic E-state index is 6.41. The molecule has 0 saturated carbocycles. The van der Waals surface area contributed by atoms with Crippen LogP contribution in [0.2, 0.25) is 0 Å². The molecule has 1 aliphatic rings. The number of hydrogen-bond acceptors (Lipinski definition) is 2. The van der Waals surface area contributed by atoms with Crippen molar-refractivity contribution in [1.29, 1.82) is 0 Å². The molecule has 2 heteroatoms. The molecule has 1 aliphatic heterocycles. The Morgan fingerprint density at radius 2 is 2.00 bits per heavy atom. The van der Waals surface area contributed by atoms with Gasteiger partial charge in [-0.25, -0.2) is 0 Å². The van der Waals surface area contributed by atoms with Gasteiger partial charge in [0.25, 0.3) is 0 Å². The van der Waals surface area contributed by atoms with E-state index in [4.69, 9.17) is 10.5 Å². The van der Waals surface area contributed by atoms with Crippen LogP contribution in [-0.2, 0) is 5.54 Å². The molecule has 82 valence electrons. The SMILES string of the molecule is CCC1(N)CCOc2cc(C)c(C)cc21. The van der Waals surface area contributed by atoms with Crippen molar-refractivity contribution in [3.8, 4) is 5.75 Å². The fourth-order valence-corrected chi connectivity index (χ4v) is 2.14. The molecule has 2 nitrogen and oxygen atoms in total. The minimum Gasteiger partial charge on any atom is -0.493 e. The first-order valence-corrected chi connectivity index (χ1v) is 5.60. The number of aryl methyl sites for hydroxylation is 2. The van der Waals surface area contributed by atoms with E-state index < -0.39 is 0 Å². The lowest BCUT2D eigenvalue weighted by Gasteiger charge is -2.35. The second kappa shape index (κ2) is 3.53. The molecule has 0 bridgehead atoms. The number of hydrogen-bond donors (Lipinski definition) is 1. The maximum Gasteiger partial charge on any atom is 0.124 e. The van der Waals surface area contributed by atoms with Crippen molar-refractivity contribution in [3.05, 3.63) is 28.8 Å². The van der Waals surface area contributed by atoms with Gasteiger partial charge in [-0.1, -0.05) is 13.0 Å². The van der Waals surface area contributed by atoms with E-state index in [1.807, 2.05) is 0 Å². The average molecular weight is 205 g/mol. The van der Waals surface area contributed by atoms with Crippen LogP contribution in [-0.4, -0.2) is 6.61 Å². The highest BCUT2D eigenvalue weighted by atomic mass is 16.5. The molecule has 0 aromatic heterocycles. The van der Waals surface area contributed by atoms with Crippen LogP contribution >= 0.6 is 0 Å². The molecule has 0 aliphatic carbocycles. The summed E-state index contributed by atoms with van der Waals surface area (Å²) in [5.41, 5.74) is 9.97. The van der Waals surface area contributed by atoms with E-state index in [0.29, 0.717) is 0 Å². The second-order valence-electron chi connectivity index (χ2n) is 4.54. The van der Waals surface area contributed by atoms with E-state index in [0.717, 1.165) is 25.2 Å². The summed E-state index contributed by atoms with van der Waals surface area (Å²) >= 11 is 0. The minimum atomic E-state index is -0.188. The van der Waals surface area contributed by atoms with E-state index in [9.17, 15) is 0 Å². The Morgan fingerprint density at radius 1 is 1.33 bits per heavy atom. The smallest absolute Gasteiger partial charge is 0.124 e. The quantitative estimate of drug-likeness (QED) is 0.765. The Bertz CT molecular complexity index is 386. The third-order valence-corrected chi connectivity index (χ3v) is 3.57. The zero-order valence-corrected chi connectivity index (χ0v) is 9.76. The van der Waals surface area contributed by atoms with Crippen LogP contribution in [0.5, 0.6) is 5.75 Å². The third kappa shape index (κ3) is 1.63. The van der Waals surface area contributed by atoms with Crippen molar-refractivity contribution in [2.45, 2.75) is 39.2 Å². The molecule has 1 heterocycles. The van der Waals surface area contributed by atoms with Crippen LogP contribution in [0.1, 0.15) is 36.5 Å². The van der Waals surface area contributed by atoms with Gasteiger partial charge in [-0.15, -0.1) is 0 Å². The fourth-order valence-electron chi connectivity index (χ4n) is 2.14. The zero-order valence-electron chi connectivity index (χ0n) is 9.76. The summed E-state index contributed by atoms with van der Waals surface area (Å²) < 4.78 is 5.68. The number of rotatable bonds is 1. The molecule has 0 saturated heterocycles. The van der Waals surface area contributed by atoms with Crippen LogP contribution in [0.3, 0.4) is 0 Å². The predicted octanol–water partition coefficient (Wildman–Crippen LogP) is 2.65. The Hall–Kier alpha value is -1.02. The van der Waals surface area contributed by atoms with Gasteiger partial charge in [0.15, 0.2) is 0 Å². The molecule has 1 unspecified atom stereocenters. The summed E-state index contributed by atoms with van der Waals surface area (Å²) in [5.74, 6) is 0.980. The molecule has 2 rings (SSSR count). The first-order valence-electron chi connectivity index (χ1n) is 5.60. The normalized spacial score (nSPS) is 24.5. The van der Waals surface area contributed by atoms with Crippen LogP contribution in [0.4, 0.5) is 0 Å². The van der Waals surface area contributed by atoms with Gasteiger partial charge in [-0.05, 0) is 37.5 Å². The summed E-state index contributed by atoms with van der Waals surface area (Å²) in [4.78, 5) is 0. The lowest BCUT2D eigenvalue weighted by molar-refractivity contribution is 0.212. The van der Waals surface area contributed by atoms with Crippen molar-refractivity contribution < 1.29 is 4.74 Å². The van der Waals surface area contributed by atoms with Gasteiger partial charge in [0.2, 0.25) is 0 Å². The highest BCUT2D eigenvalue weighted by molar-refractivity contribution is 5.46. The molecule has 1 aromatic rings. The van der Waals surface area contributed by atoms with Crippen molar-refractivity contribution in [3.63, 3.8) is 0 Å². The van der Waals surface area contributed by atoms with E-state index in [-0.39, 0.29) is 5.54 Å². The molecule has 0 fully saturated rings. The number of ether oxygens (including phenoxy) is 1. The number of benzene rings is 1. The molecular formula is C13H19NO. The van der Waals surface area contributed by atoms with Crippen molar-refractivity contribution in [2.75, 3.05) is 6.61 Å². The van der Waals surface area contributed by atoms with E-state index in [2.05, 4.69) is 32.9 Å². The van der Waals surface area contributed by atoms with Gasteiger partial charge < -0.3 is 10.5 Å². The molecule has 0 spiro atoms. The first kappa shape index (κ1) is 10.5. The van der Waals surface area contributed by atoms with Gasteiger partial charge in [-0.3, -0.25) is 0 Å². The predicted molar refractivity (Wildman–Crippen MR) is 62.2 cm³/mol. The lowest BCUT2D eigenvalue weighted by Crippen LogP contribution is -2.40. The average Bonchev–Trinajstić information content (AvgIpc) is 2.22. The summed E-state index contributed by atoms with van der Waals surface area (Å²) in [5, 5.41) is 0. The molecular weight excluding hydrogens is 186 g/mol. The Balaban J connectivity index is 2.56. The summed E-state index contributed by atoms with van der Waals surface area (Å²) in [6.07, 6.45) is 1.88. The van der Waals surface area contributed by atoms with E-state index >= 15 is 0 Å². The molecule has 0 amide bonds. The minimum absolute atomic E-state index is 0.188. The number of fused-ring (bicyclic) bond motifs is 1. The first-order chi connectivity index (χ1) is 7.07. The lowest BCUT2D eigenvalue weighted by atomic mass is 9.82. The van der Waals surface area contributed by atoms with Crippen molar-refractivity contribution in [2.24, 2.45) is 5.73 Å². The van der Waals surface area contributed by atoms with Crippen molar-refractivity contribution in [1.82, 2.24) is 0 Å². The van der Waals surface area contributed by atoms with Crippen LogP contribution in [0, 0.1) is 13.8 Å². The Kier molecular flexibility index (Phi) is 2.47. The van der Waals surface area contributed by atoms with Crippen LogP contribution in [0.25, 0.3) is 0 Å². The number of nitrogens with two attached hydrogens (primary N) is 1. The zero-order chi connectivity index (χ0) is 11.1. The summed E-state index contributed by atoms with van der Waals surface area (Å²) in [6, 6.07) is 4.30. The molecule has 1 aromatic carbocycles. The van der Waals surface area contributed by atoms with Gasteiger partial charge in [0.1, 0.15) is 5.75 Å². The fraction of sp³-hybridized carbons (Fsp3) is 0.538. The monoisotopic (exact) mass is 205 g/mol. The maximum atomic E-state index is 6.41. The van der Waals surface area contributed by atoms with Crippen LogP contribution < -0.4 is 10.5 Å². The summed E-state index contributed by atoms with van der Waals surface area (Å²) in [7, 11) is 0. The van der Waals surface area contributed by atoms with E-state index in [1.54, 1.807) is 0 Å². The standard InChI is InChI=1S/C13H19NO/c1-4-13(14)5-6-15-12-8-10(3)9(2)7-11(12)13/h7-8H,4-6,14H2,1-3H3. The van der Waals surface area contributed by atoms with Crippen molar-refractivity contribution >= 4 is 0 Å². The van der Waals surface area contributed by atoms with E-state index in [1.165, 1.54) is 16.7 Å². The Labute approximate surface area is 91.4 Å². The second-order valence-corrected chi connectivity index (χ2v) is 4.54. The summed E-state index contributed by atoms with van der Waals surface area (Å²) in [6.45, 7) is 7.11. The topological polar surface area (TPSA) is 35.2 Å². The third-order valence-electron chi connectivity index (χ3n) is 3.57. The molecule has 15 heavy (non-hydrogen) atoms. The van der Waals surface area contributed by atoms with Crippen LogP contribution in [0.15, 0.2) is 12.1 Å². The largest absolute Gasteiger partial charge is 0.493 e. The molecule has 1 atom stereocenters. The van der Waals surface area contributed by atoms with Gasteiger partial charge in [0, 0.05) is 17.5 Å². The van der Waals surface area contributed by atoms with Gasteiger partial charge in [0.05, 0.1) is 6.61 Å². The highest BCUT2D eigenvalue weighted by Gasteiger charge is 2.32. The van der Waals surface area contributed by atoms with Gasteiger partial charge in [-0.2, -0.15) is 0 Å².